The maximum absolute atomic E-state index is 12.8. The standard InChI is InChI=1S/C23H29N5O/c1-16(2)14-28-8-6-17(7-9-28)23(29)11-19-10-21-18(12-25-19)4-5-20(26-21)22-13-24-15-27(22)3/h4-5,10,12-13,15-17H,6-9,11,14H2,1-3H3. The van der Waals surface area contributed by atoms with Gasteiger partial charge >= 0.3 is 0 Å². The summed E-state index contributed by atoms with van der Waals surface area (Å²) in [7, 11) is 1.96. The largest absolute Gasteiger partial charge is 0.332 e. The quantitative estimate of drug-likeness (QED) is 0.643. The Labute approximate surface area is 172 Å². The van der Waals surface area contributed by atoms with E-state index in [0.717, 1.165) is 60.5 Å². The minimum Gasteiger partial charge on any atom is -0.332 e. The van der Waals surface area contributed by atoms with E-state index in [1.54, 1.807) is 6.33 Å². The number of ketones is 1. The molecule has 4 rings (SSSR count). The summed E-state index contributed by atoms with van der Waals surface area (Å²) in [5, 5.41) is 0.981. The molecule has 1 saturated heterocycles. The zero-order valence-corrected chi connectivity index (χ0v) is 17.5. The van der Waals surface area contributed by atoms with Crippen LogP contribution >= 0.6 is 0 Å². The highest BCUT2D eigenvalue weighted by atomic mass is 16.1. The number of aryl methyl sites for hydroxylation is 1. The minimum atomic E-state index is 0.157. The molecular formula is C23H29N5O. The summed E-state index contributed by atoms with van der Waals surface area (Å²) in [5.74, 6) is 1.14. The number of rotatable bonds is 6. The first-order chi connectivity index (χ1) is 14.0. The second kappa shape index (κ2) is 8.41. The number of likely N-dealkylation sites (tertiary alicyclic amines) is 1. The van der Waals surface area contributed by atoms with Crippen molar-refractivity contribution in [2.24, 2.45) is 18.9 Å². The summed E-state index contributed by atoms with van der Waals surface area (Å²) in [4.78, 5) is 28.8. The van der Waals surface area contributed by atoms with Gasteiger partial charge in [0.25, 0.3) is 0 Å². The van der Waals surface area contributed by atoms with Crippen LogP contribution in [0.5, 0.6) is 0 Å². The monoisotopic (exact) mass is 391 g/mol. The molecule has 0 aliphatic carbocycles. The third-order valence-electron chi connectivity index (χ3n) is 5.73. The lowest BCUT2D eigenvalue weighted by Gasteiger charge is -2.32. The van der Waals surface area contributed by atoms with Crippen LogP contribution in [0.3, 0.4) is 0 Å². The number of aromatic nitrogens is 4. The van der Waals surface area contributed by atoms with E-state index in [1.165, 1.54) is 0 Å². The molecule has 0 unspecified atom stereocenters. The molecule has 0 spiro atoms. The summed E-state index contributed by atoms with van der Waals surface area (Å²) in [6.07, 6.45) is 7.71. The van der Waals surface area contributed by atoms with Crippen LogP contribution in [0, 0.1) is 11.8 Å². The number of carbonyl (C=O) groups excluding carboxylic acids is 1. The Balaban J connectivity index is 1.45. The average molecular weight is 392 g/mol. The van der Waals surface area contributed by atoms with Gasteiger partial charge in [-0.05, 0) is 50.0 Å². The Bertz CT molecular complexity index is 1000. The molecule has 1 fully saturated rings. The van der Waals surface area contributed by atoms with Crippen LogP contribution in [0.4, 0.5) is 0 Å². The first-order valence-electron chi connectivity index (χ1n) is 10.5. The number of pyridine rings is 2. The average Bonchev–Trinajstić information content (AvgIpc) is 3.13. The maximum Gasteiger partial charge on any atom is 0.142 e. The molecule has 3 aromatic rings. The van der Waals surface area contributed by atoms with Crippen LogP contribution in [-0.2, 0) is 18.3 Å². The van der Waals surface area contributed by atoms with E-state index in [2.05, 4.69) is 28.7 Å². The van der Waals surface area contributed by atoms with E-state index >= 15 is 0 Å². The molecule has 0 amide bonds. The molecule has 6 nitrogen and oxygen atoms in total. The third kappa shape index (κ3) is 4.53. The zero-order valence-electron chi connectivity index (χ0n) is 17.5. The van der Waals surface area contributed by atoms with Crippen LogP contribution in [0.25, 0.3) is 22.3 Å². The van der Waals surface area contributed by atoms with Crippen molar-refractivity contribution >= 4 is 16.7 Å². The molecule has 4 heterocycles. The van der Waals surface area contributed by atoms with Crippen molar-refractivity contribution in [3.63, 3.8) is 0 Å². The highest BCUT2D eigenvalue weighted by Gasteiger charge is 2.25. The fourth-order valence-electron chi connectivity index (χ4n) is 4.18. The third-order valence-corrected chi connectivity index (χ3v) is 5.73. The van der Waals surface area contributed by atoms with Gasteiger partial charge in [0, 0.05) is 43.2 Å². The smallest absolute Gasteiger partial charge is 0.142 e. The molecule has 152 valence electrons. The van der Waals surface area contributed by atoms with E-state index in [9.17, 15) is 4.79 Å². The summed E-state index contributed by atoms with van der Waals surface area (Å²) in [5.41, 5.74) is 3.52. The Hall–Kier alpha value is -2.60. The van der Waals surface area contributed by atoms with Gasteiger partial charge in [-0.2, -0.15) is 0 Å². The molecule has 0 bridgehead atoms. The highest BCUT2D eigenvalue weighted by Crippen LogP contribution is 2.23. The highest BCUT2D eigenvalue weighted by molar-refractivity contribution is 5.85. The van der Waals surface area contributed by atoms with Gasteiger partial charge in [-0.15, -0.1) is 0 Å². The fraction of sp³-hybridized carbons (Fsp3) is 0.478. The number of fused-ring (bicyclic) bond motifs is 1. The number of nitrogens with zero attached hydrogens (tertiary/aromatic N) is 5. The molecule has 0 atom stereocenters. The zero-order chi connectivity index (χ0) is 20.4. The molecule has 0 radical (unpaired) electrons. The first-order valence-corrected chi connectivity index (χ1v) is 10.5. The predicted molar refractivity (Wildman–Crippen MR) is 114 cm³/mol. The van der Waals surface area contributed by atoms with E-state index in [1.807, 2.05) is 42.2 Å². The van der Waals surface area contributed by atoms with E-state index < -0.39 is 0 Å². The van der Waals surface area contributed by atoms with Crippen LogP contribution in [-0.4, -0.2) is 49.8 Å². The van der Waals surface area contributed by atoms with Crippen molar-refractivity contribution in [2.45, 2.75) is 33.1 Å². The van der Waals surface area contributed by atoms with Crippen molar-refractivity contribution in [1.82, 2.24) is 24.4 Å². The van der Waals surface area contributed by atoms with Crippen LogP contribution in [0.2, 0.25) is 0 Å². The van der Waals surface area contributed by atoms with Crippen molar-refractivity contribution in [1.29, 1.82) is 0 Å². The van der Waals surface area contributed by atoms with Crippen molar-refractivity contribution < 1.29 is 4.79 Å². The summed E-state index contributed by atoms with van der Waals surface area (Å²) < 4.78 is 1.95. The number of piperidine rings is 1. The van der Waals surface area contributed by atoms with Gasteiger partial charge in [-0.3, -0.25) is 9.78 Å². The molecule has 29 heavy (non-hydrogen) atoms. The maximum atomic E-state index is 12.8. The molecule has 6 heteroatoms. The number of Topliss-reactive ketones (excluding diaryl/α,β-unsaturated/α-hetero) is 1. The Morgan fingerprint density at radius 1 is 1.21 bits per heavy atom. The Morgan fingerprint density at radius 3 is 2.69 bits per heavy atom. The van der Waals surface area contributed by atoms with Gasteiger partial charge in [0.15, 0.2) is 0 Å². The number of hydrogen-bond acceptors (Lipinski definition) is 5. The SMILES string of the molecule is CC(C)CN1CCC(C(=O)Cc2cc3nc(-c4cncn4C)ccc3cn2)CC1. The fourth-order valence-corrected chi connectivity index (χ4v) is 4.18. The second-order valence-electron chi connectivity index (χ2n) is 8.57. The van der Waals surface area contributed by atoms with Crippen molar-refractivity contribution in [3.05, 3.63) is 42.6 Å². The molecule has 0 saturated carbocycles. The lowest BCUT2D eigenvalue weighted by molar-refractivity contribution is -0.123. The van der Waals surface area contributed by atoms with Gasteiger partial charge in [0.05, 0.1) is 29.4 Å². The van der Waals surface area contributed by atoms with Gasteiger partial charge in [-0.25, -0.2) is 9.97 Å². The summed E-state index contributed by atoms with van der Waals surface area (Å²) in [6, 6.07) is 5.96. The minimum absolute atomic E-state index is 0.157. The van der Waals surface area contributed by atoms with Crippen LogP contribution in [0.1, 0.15) is 32.4 Å². The lowest BCUT2D eigenvalue weighted by Crippen LogP contribution is -2.38. The van der Waals surface area contributed by atoms with Gasteiger partial charge in [0.1, 0.15) is 5.78 Å². The number of imidazole rings is 1. The topological polar surface area (TPSA) is 63.9 Å². The lowest BCUT2D eigenvalue weighted by atomic mass is 9.90. The Kier molecular flexibility index (Phi) is 5.72. The first kappa shape index (κ1) is 19.7. The van der Waals surface area contributed by atoms with Gasteiger partial charge in [0.2, 0.25) is 0 Å². The van der Waals surface area contributed by atoms with Crippen molar-refractivity contribution in [2.75, 3.05) is 19.6 Å². The number of hydrogen-bond donors (Lipinski definition) is 0. The van der Waals surface area contributed by atoms with Gasteiger partial charge in [-0.1, -0.05) is 13.8 Å². The van der Waals surface area contributed by atoms with Crippen LogP contribution in [0.15, 0.2) is 36.9 Å². The normalized spacial score (nSPS) is 16.0. The summed E-state index contributed by atoms with van der Waals surface area (Å²) in [6.45, 7) is 7.66. The Morgan fingerprint density at radius 2 is 2.00 bits per heavy atom. The molecule has 1 aliphatic heterocycles. The van der Waals surface area contributed by atoms with Crippen molar-refractivity contribution in [3.8, 4) is 11.4 Å². The van der Waals surface area contributed by atoms with Crippen LogP contribution < -0.4 is 0 Å². The second-order valence-corrected chi connectivity index (χ2v) is 8.57. The molecular weight excluding hydrogens is 362 g/mol. The van der Waals surface area contributed by atoms with Gasteiger partial charge < -0.3 is 9.47 Å². The molecule has 0 N–H and O–H groups in total. The van der Waals surface area contributed by atoms with E-state index in [-0.39, 0.29) is 5.92 Å². The molecule has 1 aliphatic rings. The molecule has 3 aromatic heterocycles. The summed E-state index contributed by atoms with van der Waals surface area (Å²) >= 11 is 0. The van der Waals surface area contributed by atoms with E-state index in [4.69, 9.17) is 4.98 Å². The van der Waals surface area contributed by atoms with E-state index in [0.29, 0.717) is 18.1 Å². The number of carbonyl (C=O) groups is 1. The molecule has 0 aromatic carbocycles. The predicted octanol–water partition coefficient (Wildman–Crippen LogP) is 3.51.